The summed E-state index contributed by atoms with van der Waals surface area (Å²) in [6.07, 6.45) is 0. The van der Waals surface area contributed by atoms with Gasteiger partial charge in [-0.15, -0.1) is 0 Å². The maximum atomic E-state index is 11.5. The molecule has 0 bridgehead atoms. The predicted octanol–water partition coefficient (Wildman–Crippen LogP) is 2.11. The molecule has 2 rings (SSSR count). The van der Waals surface area contributed by atoms with Gasteiger partial charge in [0, 0.05) is 11.1 Å². The molecule has 0 saturated heterocycles. The molecule has 0 fully saturated rings. The molecule has 14 heavy (non-hydrogen) atoms. The summed E-state index contributed by atoms with van der Waals surface area (Å²) in [5.41, 5.74) is 0.705. The first-order chi connectivity index (χ1) is 6.63. The van der Waals surface area contributed by atoms with Crippen molar-refractivity contribution in [2.75, 3.05) is 0 Å². The summed E-state index contributed by atoms with van der Waals surface area (Å²) in [7, 11) is 0. The Morgan fingerprint density at radius 3 is 2.21 bits per heavy atom. The highest BCUT2D eigenvalue weighted by atomic mass is 127. The minimum atomic E-state index is -0.637. The summed E-state index contributed by atoms with van der Waals surface area (Å²) in [6, 6.07) is 6.53. The Morgan fingerprint density at radius 1 is 1.00 bits per heavy atom. The molecular formula is C10H5IO3. The van der Waals surface area contributed by atoms with Crippen LogP contribution in [0.5, 0.6) is 0 Å². The van der Waals surface area contributed by atoms with Gasteiger partial charge in [0.15, 0.2) is 0 Å². The van der Waals surface area contributed by atoms with Crippen molar-refractivity contribution >= 4 is 39.9 Å². The van der Waals surface area contributed by atoms with Crippen molar-refractivity contribution in [1.82, 2.24) is 0 Å². The first-order valence-electron chi connectivity index (χ1n) is 3.90. The van der Waals surface area contributed by atoms with Crippen molar-refractivity contribution in [2.24, 2.45) is 0 Å². The van der Waals surface area contributed by atoms with Crippen molar-refractivity contribution in [3.8, 4) is 0 Å². The number of fused-ring (bicyclic) bond motifs is 1. The lowest BCUT2D eigenvalue weighted by atomic mass is 9.94. The second kappa shape index (κ2) is 3.20. The Morgan fingerprint density at radius 2 is 1.57 bits per heavy atom. The van der Waals surface area contributed by atoms with Crippen molar-refractivity contribution < 1.29 is 14.7 Å². The number of hydrogen-bond donors (Lipinski definition) is 1. The van der Waals surface area contributed by atoms with Gasteiger partial charge in [-0.2, -0.15) is 0 Å². The van der Waals surface area contributed by atoms with Crippen LogP contribution in [-0.2, 0) is 4.79 Å². The molecule has 1 aromatic rings. The molecule has 4 heteroatoms. The smallest absolute Gasteiger partial charge is 0.243 e. The van der Waals surface area contributed by atoms with Gasteiger partial charge in [0.1, 0.15) is 9.34 Å². The number of aliphatic hydroxyl groups excluding tert-OH is 1. The zero-order valence-electron chi connectivity index (χ0n) is 6.95. The highest BCUT2D eigenvalue weighted by molar-refractivity contribution is 14.1. The molecule has 0 aromatic heterocycles. The standard InChI is InChI=1S/C10H5IO3/c11-7-8(12)5-3-1-2-4-6(5)9(13)10(7)14/h1-4,12H. The topological polar surface area (TPSA) is 54.4 Å². The van der Waals surface area contributed by atoms with Gasteiger partial charge < -0.3 is 5.11 Å². The molecule has 70 valence electrons. The van der Waals surface area contributed by atoms with E-state index in [2.05, 4.69) is 0 Å². The predicted molar refractivity (Wildman–Crippen MR) is 59.3 cm³/mol. The number of ketones is 2. The third-order valence-electron chi connectivity index (χ3n) is 2.04. The van der Waals surface area contributed by atoms with E-state index in [1.165, 1.54) is 6.07 Å². The van der Waals surface area contributed by atoms with Gasteiger partial charge in [-0.05, 0) is 22.6 Å². The normalized spacial score (nSPS) is 15.8. The number of allylic oxidation sites excluding steroid dienone is 1. The second-order valence-corrected chi connectivity index (χ2v) is 3.95. The van der Waals surface area contributed by atoms with Gasteiger partial charge in [-0.25, -0.2) is 0 Å². The number of carbonyl (C=O) groups is 2. The van der Waals surface area contributed by atoms with Crippen LogP contribution in [0.15, 0.2) is 27.8 Å². The molecule has 3 nitrogen and oxygen atoms in total. The van der Waals surface area contributed by atoms with E-state index < -0.39 is 11.6 Å². The summed E-state index contributed by atoms with van der Waals surface area (Å²) in [5, 5.41) is 9.62. The summed E-state index contributed by atoms with van der Waals surface area (Å²) >= 11 is 1.68. The van der Waals surface area contributed by atoms with Crippen LogP contribution in [0.4, 0.5) is 0 Å². The molecule has 0 spiro atoms. The van der Waals surface area contributed by atoms with E-state index in [-0.39, 0.29) is 14.9 Å². The van der Waals surface area contributed by atoms with Crippen molar-refractivity contribution in [3.05, 3.63) is 39.0 Å². The van der Waals surface area contributed by atoms with Crippen LogP contribution in [0, 0.1) is 0 Å². The monoisotopic (exact) mass is 300 g/mol. The van der Waals surface area contributed by atoms with Crippen molar-refractivity contribution in [2.45, 2.75) is 0 Å². The summed E-state index contributed by atoms with van der Waals surface area (Å²) < 4.78 is 0.0892. The third-order valence-corrected chi connectivity index (χ3v) is 3.04. The molecule has 1 N–H and O–H groups in total. The van der Waals surface area contributed by atoms with E-state index in [1.54, 1.807) is 40.8 Å². The SMILES string of the molecule is O=C1C(=O)c2ccccc2C(O)=C1I. The molecule has 1 aromatic carbocycles. The summed E-state index contributed by atoms with van der Waals surface area (Å²) in [4.78, 5) is 22.8. The minimum absolute atomic E-state index is 0.0892. The number of hydrogen-bond acceptors (Lipinski definition) is 3. The average Bonchev–Trinajstić information content (AvgIpc) is 2.23. The molecule has 0 saturated carbocycles. The van der Waals surface area contributed by atoms with E-state index in [1.807, 2.05) is 0 Å². The molecule has 0 radical (unpaired) electrons. The Balaban J connectivity index is 2.78. The molecular weight excluding hydrogens is 295 g/mol. The fourth-order valence-corrected chi connectivity index (χ4v) is 1.87. The number of carbonyl (C=O) groups excluding carboxylic acids is 2. The lowest BCUT2D eigenvalue weighted by Gasteiger charge is -2.13. The van der Waals surface area contributed by atoms with Crippen LogP contribution >= 0.6 is 22.6 Å². The second-order valence-electron chi connectivity index (χ2n) is 2.87. The highest BCUT2D eigenvalue weighted by Gasteiger charge is 2.30. The van der Waals surface area contributed by atoms with Crippen molar-refractivity contribution in [1.29, 1.82) is 0 Å². The average molecular weight is 300 g/mol. The molecule has 1 aliphatic rings. The van der Waals surface area contributed by atoms with Gasteiger partial charge >= 0.3 is 0 Å². The Kier molecular flexibility index (Phi) is 2.14. The summed E-state index contributed by atoms with van der Waals surface area (Å²) in [5.74, 6) is -1.30. The van der Waals surface area contributed by atoms with Gasteiger partial charge in [-0.3, -0.25) is 9.59 Å². The van der Waals surface area contributed by atoms with Gasteiger partial charge in [0.2, 0.25) is 11.6 Å². The first kappa shape index (κ1) is 9.39. The quantitative estimate of drug-likeness (QED) is 0.590. The van der Waals surface area contributed by atoms with E-state index in [0.717, 1.165) is 0 Å². The number of halogens is 1. The Hall–Kier alpha value is -1.17. The fraction of sp³-hybridized carbons (Fsp3) is 0. The number of rotatable bonds is 0. The minimum Gasteiger partial charge on any atom is -0.506 e. The maximum absolute atomic E-state index is 11.5. The Labute approximate surface area is 93.6 Å². The molecule has 0 aliphatic heterocycles. The van der Waals surface area contributed by atoms with Crippen LogP contribution < -0.4 is 0 Å². The van der Waals surface area contributed by atoms with Crippen LogP contribution in [-0.4, -0.2) is 16.7 Å². The van der Waals surface area contributed by atoms with Crippen LogP contribution in [0.25, 0.3) is 5.76 Å². The largest absolute Gasteiger partial charge is 0.506 e. The summed E-state index contributed by atoms with van der Waals surface area (Å²) in [6.45, 7) is 0. The first-order valence-corrected chi connectivity index (χ1v) is 4.98. The van der Waals surface area contributed by atoms with E-state index in [9.17, 15) is 14.7 Å². The molecule has 0 amide bonds. The van der Waals surface area contributed by atoms with E-state index in [0.29, 0.717) is 5.56 Å². The fourth-order valence-electron chi connectivity index (χ4n) is 1.34. The van der Waals surface area contributed by atoms with Gasteiger partial charge in [-0.1, -0.05) is 24.3 Å². The zero-order chi connectivity index (χ0) is 10.3. The van der Waals surface area contributed by atoms with Gasteiger partial charge in [0.05, 0.1) is 0 Å². The maximum Gasteiger partial charge on any atom is 0.243 e. The van der Waals surface area contributed by atoms with Crippen LogP contribution in [0.3, 0.4) is 0 Å². The Bertz CT molecular complexity index is 474. The molecule has 1 aliphatic carbocycles. The molecule has 0 atom stereocenters. The lowest BCUT2D eigenvalue weighted by molar-refractivity contribution is -0.111. The van der Waals surface area contributed by atoms with Gasteiger partial charge in [0.25, 0.3) is 0 Å². The van der Waals surface area contributed by atoms with E-state index in [4.69, 9.17) is 0 Å². The molecule has 0 unspecified atom stereocenters. The number of Topliss-reactive ketones (excluding diaryl/α,β-unsaturated/α-hetero) is 2. The highest BCUT2D eigenvalue weighted by Crippen LogP contribution is 2.30. The number of benzene rings is 1. The molecule has 0 heterocycles. The number of aliphatic hydroxyl groups is 1. The van der Waals surface area contributed by atoms with Crippen LogP contribution in [0.1, 0.15) is 15.9 Å². The van der Waals surface area contributed by atoms with E-state index >= 15 is 0 Å². The van der Waals surface area contributed by atoms with Crippen LogP contribution in [0.2, 0.25) is 0 Å². The zero-order valence-corrected chi connectivity index (χ0v) is 9.11. The third kappa shape index (κ3) is 1.18. The van der Waals surface area contributed by atoms with Crippen molar-refractivity contribution in [3.63, 3.8) is 0 Å². The lowest BCUT2D eigenvalue weighted by Crippen LogP contribution is -2.21.